The van der Waals surface area contributed by atoms with E-state index >= 15 is 0 Å². The number of aliphatic hydroxyl groups is 1. The molecule has 0 spiro atoms. The van der Waals surface area contributed by atoms with Gasteiger partial charge in [-0.05, 0) is 31.9 Å². The Morgan fingerprint density at radius 3 is 2.67 bits per heavy atom. The maximum atomic E-state index is 11.4. The van der Waals surface area contributed by atoms with E-state index < -0.39 is 11.2 Å². The molecule has 0 fully saturated rings. The van der Waals surface area contributed by atoms with Crippen molar-refractivity contribution in [1.82, 2.24) is 9.97 Å². The Kier molecular flexibility index (Phi) is 5.26. The maximum Gasteiger partial charge on any atom is 0.326 e. The van der Waals surface area contributed by atoms with Gasteiger partial charge < -0.3 is 10.1 Å². The van der Waals surface area contributed by atoms with Crippen LogP contribution in [-0.2, 0) is 4.79 Å². The Morgan fingerprint density at radius 1 is 1.28 bits per heavy atom. The largest absolute Gasteiger partial charge is 0.396 e. The van der Waals surface area contributed by atoms with Gasteiger partial charge in [-0.15, -0.1) is 0 Å². The van der Waals surface area contributed by atoms with E-state index in [0.29, 0.717) is 30.5 Å². The van der Waals surface area contributed by atoms with E-state index in [1.54, 1.807) is 6.92 Å². The molecule has 0 saturated carbocycles. The molecule has 0 aliphatic rings. The molecule has 1 rings (SSSR count). The Balaban J connectivity index is 2.76. The van der Waals surface area contributed by atoms with Crippen LogP contribution in [0, 0.1) is 6.92 Å². The summed E-state index contributed by atoms with van der Waals surface area (Å²) in [5.41, 5.74) is -0.377. The first-order valence-corrected chi connectivity index (χ1v) is 5.69. The monoisotopic (exact) mass is 252 g/mol. The minimum Gasteiger partial charge on any atom is -0.396 e. The number of nitrogens with one attached hydrogen (secondary N) is 2. The number of rotatable bonds is 6. The number of aromatic nitrogens is 2. The fraction of sp³-hybridized carbons (Fsp3) is 0.417. The van der Waals surface area contributed by atoms with Crippen LogP contribution in [0.25, 0.3) is 6.08 Å². The van der Waals surface area contributed by atoms with E-state index in [1.165, 1.54) is 12.2 Å². The fourth-order valence-corrected chi connectivity index (χ4v) is 1.40. The summed E-state index contributed by atoms with van der Waals surface area (Å²) in [5, 5.41) is 8.58. The van der Waals surface area contributed by atoms with Gasteiger partial charge in [0.15, 0.2) is 5.78 Å². The Bertz CT molecular complexity index is 554. The van der Waals surface area contributed by atoms with Crippen molar-refractivity contribution >= 4 is 11.9 Å². The quantitative estimate of drug-likeness (QED) is 0.494. The van der Waals surface area contributed by atoms with Crippen molar-refractivity contribution in [1.29, 1.82) is 0 Å². The SMILES string of the molecule is Cc1c(/C=C/C(=O)CCCCO)[nH]c(=O)[nH]c1=O. The number of unbranched alkanes of at least 4 members (excludes halogenated alkanes) is 1. The number of aliphatic hydroxyl groups excluding tert-OH is 1. The van der Waals surface area contributed by atoms with Gasteiger partial charge in [-0.2, -0.15) is 0 Å². The highest BCUT2D eigenvalue weighted by molar-refractivity contribution is 5.93. The van der Waals surface area contributed by atoms with Crippen LogP contribution in [0.3, 0.4) is 0 Å². The molecule has 1 aromatic rings. The van der Waals surface area contributed by atoms with Gasteiger partial charge in [0, 0.05) is 18.6 Å². The molecule has 0 saturated heterocycles. The summed E-state index contributed by atoms with van der Waals surface area (Å²) >= 11 is 0. The summed E-state index contributed by atoms with van der Waals surface area (Å²) in [6.07, 6.45) is 4.29. The molecule has 0 aromatic carbocycles. The van der Waals surface area contributed by atoms with Crippen LogP contribution in [-0.4, -0.2) is 27.5 Å². The van der Waals surface area contributed by atoms with Crippen LogP contribution in [0.1, 0.15) is 30.5 Å². The number of carbonyl (C=O) groups is 1. The number of H-pyrrole nitrogens is 2. The van der Waals surface area contributed by atoms with Crippen LogP contribution in [0.4, 0.5) is 0 Å². The molecule has 6 nitrogen and oxygen atoms in total. The fourth-order valence-electron chi connectivity index (χ4n) is 1.40. The van der Waals surface area contributed by atoms with Crippen molar-refractivity contribution in [2.75, 3.05) is 6.61 Å². The maximum absolute atomic E-state index is 11.4. The van der Waals surface area contributed by atoms with Crippen molar-refractivity contribution in [2.45, 2.75) is 26.2 Å². The van der Waals surface area contributed by atoms with Crippen LogP contribution < -0.4 is 11.2 Å². The summed E-state index contributed by atoms with van der Waals surface area (Å²) in [6, 6.07) is 0. The van der Waals surface area contributed by atoms with Crippen molar-refractivity contribution in [3.63, 3.8) is 0 Å². The van der Waals surface area contributed by atoms with Crippen molar-refractivity contribution in [3.05, 3.63) is 38.2 Å². The minimum atomic E-state index is -0.599. The van der Waals surface area contributed by atoms with Crippen molar-refractivity contribution < 1.29 is 9.90 Å². The highest BCUT2D eigenvalue weighted by atomic mass is 16.3. The van der Waals surface area contributed by atoms with E-state index in [2.05, 4.69) is 9.97 Å². The molecule has 0 radical (unpaired) electrons. The second kappa shape index (κ2) is 6.70. The summed E-state index contributed by atoms with van der Waals surface area (Å²) in [7, 11) is 0. The molecule has 0 atom stereocenters. The van der Waals surface area contributed by atoms with Crippen LogP contribution >= 0.6 is 0 Å². The molecule has 18 heavy (non-hydrogen) atoms. The number of ketones is 1. The van der Waals surface area contributed by atoms with Gasteiger partial charge in [0.05, 0.1) is 5.69 Å². The van der Waals surface area contributed by atoms with E-state index in [0.717, 1.165) is 0 Å². The molecule has 0 unspecified atom stereocenters. The summed E-state index contributed by atoms with van der Waals surface area (Å²) < 4.78 is 0. The van der Waals surface area contributed by atoms with Gasteiger partial charge in [0.25, 0.3) is 5.56 Å². The third-order valence-electron chi connectivity index (χ3n) is 2.49. The zero-order chi connectivity index (χ0) is 13.5. The smallest absolute Gasteiger partial charge is 0.326 e. The van der Waals surface area contributed by atoms with Crippen LogP contribution in [0.2, 0.25) is 0 Å². The molecule has 1 aromatic heterocycles. The van der Waals surface area contributed by atoms with Gasteiger partial charge in [-0.1, -0.05) is 0 Å². The zero-order valence-corrected chi connectivity index (χ0v) is 10.2. The molecule has 98 valence electrons. The number of allylic oxidation sites excluding steroid dienone is 1. The molecule has 0 aliphatic carbocycles. The van der Waals surface area contributed by atoms with E-state index in [9.17, 15) is 14.4 Å². The first-order chi connectivity index (χ1) is 8.54. The molecule has 1 heterocycles. The van der Waals surface area contributed by atoms with Gasteiger partial charge in [0.1, 0.15) is 0 Å². The average molecular weight is 252 g/mol. The lowest BCUT2D eigenvalue weighted by molar-refractivity contribution is -0.114. The first kappa shape index (κ1) is 14.1. The van der Waals surface area contributed by atoms with E-state index in [4.69, 9.17) is 5.11 Å². The Hall–Kier alpha value is -1.95. The molecular weight excluding hydrogens is 236 g/mol. The second-order valence-electron chi connectivity index (χ2n) is 3.93. The highest BCUT2D eigenvalue weighted by Crippen LogP contribution is 2.01. The second-order valence-corrected chi connectivity index (χ2v) is 3.93. The normalized spacial score (nSPS) is 11.0. The van der Waals surface area contributed by atoms with Crippen LogP contribution in [0.5, 0.6) is 0 Å². The van der Waals surface area contributed by atoms with Gasteiger partial charge in [0.2, 0.25) is 0 Å². The number of hydrogen-bond donors (Lipinski definition) is 3. The number of hydrogen-bond acceptors (Lipinski definition) is 4. The van der Waals surface area contributed by atoms with Gasteiger partial charge >= 0.3 is 5.69 Å². The molecule has 0 bridgehead atoms. The average Bonchev–Trinajstić information content (AvgIpc) is 2.32. The number of aromatic amines is 2. The van der Waals surface area contributed by atoms with Crippen molar-refractivity contribution in [3.8, 4) is 0 Å². The molecule has 6 heteroatoms. The third kappa shape index (κ3) is 4.14. The summed E-state index contributed by atoms with van der Waals surface area (Å²) in [4.78, 5) is 38.3. The first-order valence-electron chi connectivity index (χ1n) is 5.69. The molecule has 0 aliphatic heterocycles. The molecule has 0 amide bonds. The Labute approximate surface area is 103 Å². The summed E-state index contributed by atoms with van der Waals surface area (Å²) in [6.45, 7) is 1.63. The van der Waals surface area contributed by atoms with Gasteiger partial charge in [-0.25, -0.2) is 4.79 Å². The van der Waals surface area contributed by atoms with E-state index in [-0.39, 0.29) is 12.4 Å². The predicted molar refractivity (Wildman–Crippen MR) is 67.4 cm³/mol. The third-order valence-corrected chi connectivity index (χ3v) is 2.49. The predicted octanol–water partition coefficient (Wildman–Crippen LogP) is 0.117. The Morgan fingerprint density at radius 2 is 2.00 bits per heavy atom. The zero-order valence-electron chi connectivity index (χ0n) is 10.2. The lowest BCUT2D eigenvalue weighted by Crippen LogP contribution is -2.25. The van der Waals surface area contributed by atoms with E-state index in [1.807, 2.05) is 0 Å². The highest BCUT2D eigenvalue weighted by Gasteiger charge is 2.02. The van der Waals surface area contributed by atoms with Gasteiger partial charge in [-0.3, -0.25) is 14.6 Å². The standard InChI is InChI=1S/C12H16N2O4/c1-8-10(13-12(18)14-11(8)17)6-5-9(16)4-2-3-7-15/h5-6,15H,2-4,7H2,1H3,(H2,13,14,17,18)/b6-5+. The number of carbonyl (C=O) groups excluding carboxylic acids is 1. The molecular formula is C12H16N2O4. The lowest BCUT2D eigenvalue weighted by Gasteiger charge is -1.98. The van der Waals surface area contributed by atoms with Crippen LogP contribution in [0.15, 0.2) is 15.7 Å². The lowest BCUT2D eigenvalue weighted by atomic mass is 10.1. The minimum absolute atomic E-state index is 0.0669. The summed E-state index contributed by atoms with van der Waals surface area (Å²) in [5.74, 6) is -0.107. The van der Waals surface area contributed by atoms with Crippen molar-refractivity contribution in [2.24, 2.45) is 0 Å². The molecule has 3 N–H and O–H groups in total. The topological polar surface area (TPSA) is 103 Å².